The molecule has 2 saturated heterocycles. The Balaban J connectivity index is 1.73. The van der Waals surface area contributed by atoms with E-state index < -0.39 is 23.9 Å². The van der Waals surface area contributed by atoms with Crippen molar-refractivity contribution in [2.75, 3.05) is 119 Å². The Hall–Kier alpha value is -3.76. The van der Waals surface area contributed by atoms with Crippen LogP contribution in [0.5, 0.6) is 0 Å². The number of hydrogen-bond donors (Lipinski definition) is 0. The van der Waals surface area contributed by atoms with Gasteiger partial charge < -0.3 is 43.0 Å². The Morgan fingerprint density at radius 2 is 0.939 bits per heavy atom. The number of carbonyl (C=O) groups excluding carboxylic acids is 4. The van der Waals surface area contributed by atoms with Crippen molar-refractivity contribution < 1.29 is 52.3 Å². The number of morpholine rings is 2. The number of ether oxygens (including phenoxy) is 7. The van der Waals surface area contributed by atoms with Crippen molar-refractivity contribution in [3.05, 3.63) is 49.1 Å². The highest BCUT2D eigenvalue weighted by Crippen LogP contribution is 2.03. The first-order valence-corrected chi connectivity index (χ1v) is 16.9. The summed E-state index contributed by atoms with van der Waals surface area (Å²) in [6, 6.07) is 0. The van der Waals surface area contributed by atoms with Gasteiger partial charge in [-0.2, -0.15) is 0 Å². The van der Waals surface area contributed by atoms with Gasteiger partial charge in [0, 0.05) is 109 Å². The number of carbonyl (C=O) groups is 4. The van der Waals surface area contributed by atoms with Crippen LogP contribution in [0.2, 0.25) is 0 Å². The zero-order valence-corrected chi connectivity index (χ0v) is 29.0. The third kappa shape index (κ3) is 21.8. The van der Waals surface area contributed by atoms with Crippen LogP contribution >= 0.6 is 0 Å². The van der Waals surface area contributed by atoms with Gasteiger partial charge in [-0.3, -0.25) is 9.80 Å². The quantitative estimate of drug-likeness (QED) is 0.0619. The van der Waals surface area contributed by atoms with E-state index in [0.29, 0.717) is 65.6 Å². The maximum atomic E-state index is 12.3. The predicted molar refractivity (Wildman–Crippen MR) is 180 cm³/mol. The molecule has 276 valence electrons. The molecule has 0 aromatic heterocycles. The summed E-state index contributed by atoms with van der Waals surface area (Å²) in [5, 5.41) is 0. The number of hydrogen-bond acceptors (Lipinski definition) is 15. The second kappa shape index (κ2) is 27.1. The molecule has 0 unspecified atom stereocenters. The summed E-state index contributed by atoms with van der Waals surface area (Å²) in [5.74, 6) is -2.01. The molecule has 2 aliphatic heterocycles. The summed E-state index contributed by atoms with van der Waals surface area (Å²) in [5.41, 5.74) is 0. The Labute approximate surface area is 289 Å². The summed E-state index contributed by atoms with van der Waals surface area (Å²) >= 11 is 0. The van der Waals surface area contributed by atoms with Crippen LogP contribution in [0.15, 0.2) is 49.1 Å². The van der Waals surface area contributed by atoms with E-state index in [9.17, 15) is 19.2 Å². The van der Waals surface area contributed by atoms with Crippen molar-refractivity contribution in [2.24, 2.45) is 0 Å². The van der Waals surface area contributed by atoms with E-state index in [-0.39, 0.29) is 19.8 Å². The second-order valence-corrected chi connectivity index (χ2v) is 11.0. The van der Waals surface area contributed by atoms with Gasteiger partial charge >= 0.3 is 23.9 Å². The molecule has 2 aliphatic rings. The highest BCUT2D eigenvalue weighted by Gasteiger charge is 2.12. The summed E-state index contributed by atoms with van der Waals surface area (Å²) in [6.07, 6.45) is 13.3. The van der Waals surface area contributed by atoms with Gasteiger partial charge in [-0.15, -0.1) is 0 Å². The third-order valence-electron chi connectivity index (χ3n) is 7.17. The molecule has 0 N–H and O–H groups in total. The molecule has 0 saturated carbocycles. The minimum atomic E-state index is -0.531. The van der Waals surface area contributed by atoms with E-state index in [2.05, 4.69) is 9.80 Å². The van der Waals surface area contributed by atoms with Crippen LogP contribution in [-0.4, -0.2) is 162 Å². The lowest BCUT2D eigenvalue weighted by molar-refractivity contribution is -0.140. The van der Waals surface area contributed by atoms with Gasteiger partial charge in [0.1, 0.15) is 6.61 Å². The molecular weight excluding hydrogens is 640 g/mol. The summed E-state index contributed by atoms with van der Waals surface area (Å²) in [6.45, 7) is 11.6. The van der Waals surface area contributed by atoms with Gasteiger partial charge in [0.25, 0.3) is 0 Å². The van der Waals surface area contributed by atoms with E-state index in [0.717, 1.165) is 45.7 Å². The molecule has 15 nitrogen and oxygen atoms in total. The van der Waals surface area contributed by atoms with Crippen molar-refractivity contribution in [1.82, 2.24) is 19.6 Å². The molecule has 0 radical (unpaired) electrons. The number of esters is 4. The minimum absolute atomic E-state index is 0.149. The maximum Gasteiger partial charge on any atom is 0.332 e. The number of rotatable bonds is 24. The minimum Gasteiger partial charge on any atom is -0.463 e. The summed E-state index contributed by atoms with van der Waals surface area (Å²) in [4.78, 5) is 56.5. The number of methoxy groups -OCH3 is 1. The molecule has 0 amide bonds. The topological polar surface area (TPSA) is 146 Å². The monoisotopic (exact) mass is 694 g/mol. The maximum absolute atomic E-state index is 12.3. The van der Waals surface area contributed by atoms with Gasteiger partial charge in [0.2, 0.25) is 0 Å². The second-order valence-electron chi connectivity index (χ2n) is 11.0. The Bertz CT molecular complexity index is 1070. The number of nitrogens with zero attached hydrogens (tertiary/aromatic N) is 4. The predicted octanol–water partition coefficient (Wildman–Crippen LogP) is 1.32. The first-order valence-electron chi connectivity index (χ1n) is 16.9. The van der Waals surface area contributed by atoms with E-state index in [1.54, 1.807) is 34.6 Å². The van der Waals surface area contributed by atoms with Gasteiger partial charge in [-0.05, 0) is 19.3 Å². The SMILES string of the molecule is CCCOC(=O)/C=C/N(/C=C/C(=O)OCCCCOC(=O)/C=C/N(/C=C/C(=O)OCCOC)CCN1CCOCC1)CCN1CCOCC1. The van der Waals surface area contributed by atoms with Gasteiger partial charge in [-0.1, -0.05) is 6.92 Å². The van der Waals surface area contributed by atoms with Crippen molar-refractivity contribution in [2.45, 2.75) is 26.2 Å². The van der Waals surface area contributed by atoms with Gasteiger partial charge in [-0.25, -0.2) is 19.2 Å². The van der Waals surface area contributed by atoms with Crippen LogP contribution in [0.25, 0.3) is 0 Å². The first kappa shape index (κ1) is 41.4. The lowest BCUT2D eigenvalue weighted by atomic mass is 10.3. The van der Waals surface area contributed by atoms with Gasteiger partial charge in [0.05, 0.1) is 52.9 Å². The molecule has 2 fully saturated rings. The highest BCUT2D eigenvalue weighted by molar-refractivity contribution is 5.83. The molecule has 2 rings (SSSR count). The molecule has 2 heterocycles. The standard InChI is InChI=1S/C34H54N4O11/c1-3-22-46-31(39)6-10-35(14-16-37-18-25-44-26-19-37)11-7-32(40)47-23-4-5-24-48-33(41)8-12-36(13-9-34(42)49-30-29-43-2)15-17-38-20-27-45-28-21-38/h6-13H,3-5,14-30H2,1-2H3/b10-6+,11-7+,12-8+,13-9+. The van der Waals surface area contributed by atoms with Crippen LogP contribution in [0.4, 0.5) is 0 Å². The highest BCUT2D eigenvalue weighted by atomic mass is 16.6. The Morgan fingerprint density at radius 1 is 0.571 bits per heavy atom. The Morgan fingerprint density at radius 3 is 1.31 bits per heavy atom. The summed E-state index contributed by atoms with van der Waals surface area (Å²) < 4.78 is 36.4. The third-order valence-corrected chi connectivity index (χ3v) is 7.17. The van der Waals surface area contributed by atoms with E-state index >= 15 is 0 Å². The molecule has 0 spiro atoms. The molecule has 49 heavy (non-hydrogen) atoms. The largest absolute Gasteiger partial charge is 0.463 e. The molecule has 15 heteroatoms. The van der Waals surface area contributed by atoms with Crippen LogP contribution < -0.4 is 0 Å². The van der Waals surface area contributed by atoms with Crippen molar-refractivity contribution >= 4 is 23.9 Å². The molecule has 0 aromatic rings. The molecule has 0 aliphatic carbocycles. The smallest absolute Gasteiger partial charge is 0.332 e. The first-order chi connectivity index (χ1) is 23.9. The molecule has 0 bridgehead atoms. The van der Waals surface area contributed by atoms with E-state index in [1.165, 1.54) is 31.4 Å². The average Bonchev–Trinajstić information content (AvgIpc) is 3.12. The van der Waals surface area contributed by atoms with Crippen LogP contribution in [0.1, 0.15) is 26.2 Å². The lowest BCUT2D eigenvalue weighted by Crippen LogP contribution is -2.39. The summed E-state index contributed by atoms with van der Waals surface area (Å²) in [7, 11) is 1.52. The molecular formula is C34H54N4O11. The molecule has 0 atom stereocenters. The fraction of sp³-hybridized carbons (Fsp3) is 0.647. The van der Waals surface area contributed by atoms with E-state index in [1.807, 2.05) is 6.92 Å². The zero-order chi connectivity index (χ0) is 35.4. The van der Waals surface area contributed by atoms with Crippen LogP contribution in [0.3, 0.4) is 0 Å². The average molecular weight is 695 g/mol. The van der Waals surface area contributed by atoms with Crippen molar-refractivity contribution in [1.29, 1.82) is 0 Å². The fourth-order valence-corrected chi connectivity index (χ4v) is 4.36. The Kier molecular flexibility index (Phi) is 22.9. The van der Waals surface area contributed by atoms with Crippen LogP contribution in [0, 0.1) is 0 Å². The van der Waals surface area contributed by atoms with Crippen molar-refractivity contribution in [3.63, 3.8) is 0 Å². The van der Waals surface area contributed by atoms with Crippen molar-refractivity contribution in [3.8, 4) is 0 Å². The fourth-order valence-electron chi connectivity index (χ4n) is 4.36. The van der Waals surface area contributed by atoms with E-state index in [4.69, 9.17) is 33.2 Å². The van der Waals surface area contributed by atoms with Crippen LogP contribution in [-0.2, 0) is 52.3 Å². The lowest BCUT2D eigenvalue weighted by Gasteiger charge is -2.28. The van der Waals surface area contributed by atoms with Gasteiger partial charge in [0.15, 0.2) is 0 Å². The molecule has 0 aromatic carbocycles. The zero-order valence-electron chi connectivity index (χ0n) is 29.0. The number of unbranched alkanes of at least 4 members (excludes halogenated alkanes) is 1. The normalized spacial score (nSPS) is 16.0.